The lowest BCUT2D eigenvalue weighted by Gasteiger charge is -2.29. The molecule has 0 amide bonds. The minimum Gasteiger partial charge on any atom is -0.346 e. The summed E-state index contributed by atoms with van der Waals surface area (Å²) in [6.45, 7) is 3.31. The molecule has 3 rings (SSSR count). The fourth-order valence-corrected chi connectivity index (χ4v) is 3.02. The molecule has 3 heteroatoms. The molecule has 3 nitrogen and oxygen atoms in total. The van der Waals surface area contributed by atoms with Gasteiger partial charge in [0, 0.05) is 30.4 Å². The molecule has 1 aliphatic carbocycles. The zero-order chi connectivity index (χ0) is 12.4. The van der Waals surface area contributed by atoms with Crippen LogP contribution in [0.4, 0.5) is 0 Å². The quantitative estimate of drug-likeness (QED) is 0.869. The van der Waals surface area contributed by atoms with Crippen molar-refractivity contribution < 1.29 is 0 Å². The van der Waals surface area contributed by atoms with Crippen LogP contribution in [-0.4, -0.2) is 16.0 Å². The predicted octanol–water partition coefficient (Wildman–Crippen LogP) is 3.23. The average Bonchev–Trinajstić information content (AvgIpc) is 2.81. The number of hydrogen-bond donors (Lipinski definition) is 2. The van der Waals surface area contributed by atoms with Crippen LogP contribution in [0.15, 0.2) is 24.5 Å². The van der Waals surface area contributed by atoms with Crippen molar-refractivity contribution in [2.75, 3.05) is 0 Å². The van der Waals surface area contributed by atoms with Gasteiger partial charge in [-0.25, -0.2) is 4.98 Å². The normalized spacial score (nSPS) is 24.5. The third-order valence-electron chi connectivity index (χ3n) is 4.20. The largest absolute Gasteiger partial charge is 0.346 e. The Morgan fingerprint density at radius 3 is 3.17 bits per heavy atom. The number of hydrogen-bond acceptors (Lipinski definition) is 2. The third-order valence-corrected chi connectivity index (χ3v) is 4.20. The van der Waals surface area contributed by atoms with Gasteiger partial charge in [0.25, 0.3) is 0 Å². The summed E-state index contributed by atoms with van der Waals surface area (Å²) in [5, 5.41) is 4.96. The van der Waals surface area contributed by atoms with Gasteiger partial charge in [-0.3, -0.25) is 0 Å². The van der Waals surface area contributed by atoms with E-state index in [2.05, 4.69) is 34.5 Å². The Morgan fingerprint density at radius 1 is 1.39 bits per heavy atom. The highest BCUT2D eigenvalue weighted by Gasteiger charge is 2.20. The molecule has 1 saturated carbocycles. The van der Waals surface area contributed by atoms with Crippen molar-refractivity contribution in [2.24, 2.45) is 5.92 Å². The van der Waals surface area contributed by atoms with Crippen LogP contribution in [-0.2, 0) is 6.54 Å². The maximum Gasteiger partial charge on any atom is 0.137 e. The Bertz CT molecular complexity index is 517. The first-order valence-electron chi connectivity index (χ1n) is 6.99. The number of nitrogens with zero attached hydrogens (tertiary/aromatic N) is 1. The Labute approximate surface area is 108 Å². The minimum atomic E-state index is 0.681. The van der Waals surface area contributed by atoms with Crippen molar-refractivity contribution in [1.29, 1.82) is 0 Å². The second-order valence-corrected chi connectivity index (χ2v) is 5.46. The molecule has 1 fully saturated rings. The molecule has 0 bridgehead atoms. The minimum absolute atomic E-state index is 0.681. The third kappa shape index (κ3) is 2.27. The van der Waals surface area contributed by atoms with E-state index in [1.54, 1.807) is 0 Å². The van der Waals surface area contributed by atoms with Crippen LogP contribution in [0.5, 0.6) is 0 Å². The van der Waals surface area contributed by atoms with Crippen molar-refractivity contribution in [1.82, 2.24) is 15.3 Å². The molecule has 2 aromatic rings. The summed E-state index contributed by atoms with van der Waals surface area (Å²) in [6.07, 6.45) is 9.38. The van der Waals surface area contributed by atoms with Crippen molar-refractivity contribution in [2.45, 2.75) is 45.2 Å². The van der Waals surface area contributed by atoms with E-state index in [1.165, 1.54) is 36.6 Å². The Hall–Kier alpha value is -1.35. The molecule has 18 heavy (non-hydrogen) atoms. The van der Waals surface area contributed by atoms with Gasteiger partial charge in [0.2, 0.25) is 0 Å². The lowest BCUT2D eigenvalue weighted by Crippen LogP contribution is -2.36. The van der Waals surface area contributed by atoms with Gasteiger partial charge < -0.3 is 10.3 Å². The fraction of sp³-hybridized carbons (Fsp3) is 0.533. The molecule has 1 aliphatic rings. The van der Waals surface area contributed by atoms with Gasteiger partial charge in [-0.15, -0.1) is 0 Å². The molecule has 0 radical (unpaired) electrons. The lowest BCUT2D eigenvalue weighted by atomic mass is 9.86. The molecule has 0 saturated heterocycles. The summed E-state index contributed by atoms with van der Waals surface area (Å²) in [5.74, 6) is 0.807. The van der Waals surface area contributed by atoms with E-state index in [-0.39, 0.29) is 0 Å². The van der Waals surface area contributed by atoms with E-state index in [0.29, 0.717) is 6.04 Å². The Morgan fingerprint density at radius 2 is 2.28 bits per heavy atom. The van der Waals surface area contributed by atoms with E-state index >= 15 is 0 Å². The molecule has 2 atom stereocenters. The van der Waals surface area contributed by atoms with E-state index in [1.807, 2.05) is 12.3 Å². The summed E-state index contributed by atoms with van der Waals surface area (Å²) < 4.78 is 0. The molecular weight excluding hydrogens is 222 g/mol. The molecule has 2 aromatic heterocycles. The van der Waals surface area contributed by atoms with Crippen molar-refractivity contribution >= 4 is 11.0 Å². The SMILES string of the molecule is CC1CCCCC1NCc1c[nH]c2ncccc12. The summed E-state index contributed by atoms with van der Waals surface area (Å²) in [5.41, 5.74) is 2.32. The molecular formula is C15H21N3. The lowest BCUT2D eigenvalue weighted by molar-refractivity contribution is 0.279. The standard InChI is InChI=1S/C15H21N3/c1-11-5-2-3-7-14(11)17-9-12-10-18-15-13(12)6-4-8-16-15/h4,6,8,10-11,14,17H,2-3,5,7,9H2,1H3,(H,16,18). The van der Waals surface area contributed by atoms with Crippen molar-refractivity contribution in [3.8, 4) is 0 Å². The van der Waals surface area contributed by atoms with Gasteiger partial charge in [-0.05, 0) is 36.5 Å². The zero-order valence-corrected chi connectivity index (χ0v) is 10.9. The summed E-state index contributed by atoms with van der Waals surface area (Å²) in [7, 11) is 0. The van der Waals surface area contributed by atoms with E-state index < -0.39 is 0 Å². The van der Waals surface area contributed by atoms with E-state index in [4.69, 9.17) is 0 Å². The summed E-state index contributed by atoms with van der Waals surface area (Å²) in [4.78, 5) is 7.56. The second-order valence-electron chi connectivity index (χ2n) is 5.46. The van der Waals surface area contributed by atoms with Crippen LogP contribution in [0.25, 0.3) is 11.0 Å². The first kappa shape index (κ1) is 11.7. The van der Waals surface area contributed by atoms with Crippen LogP contribution in [0.1, 0.15) is 38.2 Å². The molecule has 96 valence electrons. The smallest absolute Gasteiger partial charge is 0.137 e. The van der Waals surface area contributed by atoms with Crippen LogP contribution in [0.2, 0.25) is 0 Å². The van der Waals surface area contributed by atoms with Crippen molar-refractivity contribution in [3.05, 3.63) is 30.1 Å². The molecule has 0 spiro atoms. The highest BCUT2D eigenvalue weighted by Crippen LogP contribution is 2.24. The highest BCUT2D eigenvalue weighted by molar-refractivity contribution is 5.79. The van der Waals surface area contributed by atoms with E-state index in [9.17, 15) is 0 Å². The fourth-order valence-electron chi connectivity index (χ4n) is 3.02. The molecule has 2 N–H and O–H groups in total. The van der Waals surface area contributed by atoms with Crippen molar-refractivity contribution in [3.63, 3.8) is 0 Å². The van der Waals surface area contributed by atoms with Crippen LogP contribution >= 0.6 is 0 Å². The number of fused-ring (bicyclic) bond motifs is 1. The first-order chi connectivity index (χ1) is 8.84. The molecule has 2 unspecified atom stereocenters. The van der Waals surface area contributed by atoms with Gasteiger partial charge in [-0.2, -0.15) is 0 Å². The summed E-state index contributed by atoms with van der Waals surface area (Å²) >= 11 is 0. The van der Waals surface area contributed by atoms with Gasteiger partial charge in [0.1, 0.15) is 5.65 Å². The number of aromatic nitrogens is 2. The van der Waals surface area contributed by atoms with Gasteiger partial charge in [0.15, 0.2) is 0 Å². The average molecular weight is 243 g/mol. The summed E-state index contributed by atoms with van der Waals surface area (Å²) in [6, 6.07) is 4.82. The number of nitrogens with one attached hydrogen (secondary N) is 2. The predicted molar refractivity (Wildman–Crippen MR) is 74.4 cm³/mol. The number of H-pyrrole nitrogens is 1. The topological polar surface area (TPSA) is 40.7 Å². The zero-order valence-electron chi connectivity index (χ0n) is 10.9. The maximum absolute atomic E-state index is 4.33. The van der Waals surface area contributed by atoms with Crippen LogP contribution in [0.3, 0.4) is 0 Å². The number of rotatable bonds is 3. The molecule has 0 aliphatic heterocycles. The van der Waals surface area contributed by atoms with Gasteiger partial charge in [0.05, 0.1) is 0 Å². The van der Waals surface area contributed by atoms with E-state index in [0.717, 1.165) is 18.1 Å². The first-order valence-corrected chi connectivity index (χ1v) is 6.99. The number of aromatic amines is 1. The Balaban J connectivity index is 1.69. The molecule has 2 heterocycles. The maximum atomic E-state index is 4.33. The second kappa shape index (κ2) is 5.11. The van der Waals surface area contributed by atoms with Crippen LogP contribution in [0, 0.1) is 5.92 Å². The van der Waals surface area contributed by atoms with Gasteiger partial charge >= 0.3 is 0 Å². The number of pyridine rings is 1. The van der Waals surface area contributed by atoms with Crippen LogP contribution < -0.4 is 5.32 Å². The Kier molecular flexibility index (Phi) is 3.33. The monoisotopic (exact) mass is 243 g/mol. The highest BCUT2D eigenvalue weighted by atomic mass is 14.9. The molecule has 0 aromatic carbocycles. The van der Waals surface area contributed by atoms with Gasteiger partial charge in [-0.1, -0.05) is 19.8 Å².